The van der Waals surface area contributed by atoms with Gasteiger partial charge in [0, 0.05) is 19.2 Å². The normalized spacial score (nSPS) is 16.5. The fourth-order valence-corrected chi connectivity index (χ4v) is 2.71. The van der Waals surface area contributed by atoms with Gasteiger partial charge in [-0.25, -0.2) is 9.07 Å². The number of nitrogens with zero attached hydrogens (tertiary/aromatic N) is 2. The third-order valence-corrected chi connectivity index (χ3v) is 3.85. The molecule has 1 atom stereocenters. The Morgan fingerprint density at radius 1 is 1.40 bits per heavy atom. The first kappa shape index (κ1) is 19.4. The number of anilines is 1. The summed E-state index contributed by atoms with van der Waals surface area (Å²) < 4.78 is 20.2. The molecule has 25 heavy (non-hydrogen) atoms. The highest BCUT2D eigenvalue weighted by Crippen LogP contribution is 2.17. The van der Waals surface area contributed by atoms with E-state index in [4.69, 9.17) is 4.74 Å². The predicted molar refractivity (Wildman–Crippen MR) is 96.0 cm³/mol. The molecule has 1 saturated heterocycles. The lowest BCUT2D eigenvalue weighted by molar-refractivity contribution is -0.115. The van der Waals surface area contributed by atoms with Gasteiger partial charge in [-0.1, -0.05) is 0 Å². The maximum absolute atomic E-state index is 13.1. The van der Waals surface area contributed by atoms with Crippen LogP contribution in [0.25, 0.3) is 5.69 Å². The van der Waals surface area contributed by atoms with E-state index < -0.39 is 0 Å². The molecule has 2 heterocycles. The first-order valence-electron chi connectivity index (χ1n) is 8.06. The molecule has 3 rings (SSSR count). The summed E-state index contributed by atoms with van der Waals surface area (Å²) >= 11 is 0. The van der Waals surface area contributed by atoms with E-state index in [1.165, 1.54) is 12.1 Å². The van der Waals surface area contributed by atoms with Crippen LogP contribution in [0.2, 0.25) is 0 Å². The number of carbonyl (C=O) groups is 1. The molecule has 1 aliphatic rings. The summed E-state index contributed by atoms with van der Waals surface area (Å²) in [4.78, 5) is 12.1. The maximum atomic E-state index is 13.1. The minimum Gasteiger partial charge on any atom is -0.377 e. The molecule has 1 fully saturated rings. The van der Waals surface area contributed by atoms with E-state index in [9.17, 15) is 9.18 Å². The average Bonchev–Trinajstić information content (AvgIpc) is 3.18. The third kappa shape index (κ3) is 5.26. The monoisotopic (exact) mass is 368 g/mol. The molecule has 0 aliphatic carbocycles. The molecular weight excluding hydrogens is 347 g/mol. The van der Waals surface area contributed by atoms with Gasteiger partial charge in [0.15, 0.2) is 0 Å². The number of hydrogen-bond donors (Lipinski definition) is 2. The molecule has 2 N–H and O–H groups in total. The first-order valence-corrected chi connectivity index (χ1v) is 8.06. The number of ether oxygens (including phenoxy) is 1. The van der Waals surface area contributed by atoms with Crippen molar-refractivity contribution in [3.63, 3.8) is 0 Å². The number of rotatable bonds is 6. The first-order chi connectivity index (χ1) is 11.6. The predicted octanol–water partition coefficient (Wildman–Crippen LogP) is 2.45. The molecule has 1 unspecified atom stereocenters. The zero-order valence-corrected chi connectivity index (χ0v) is 14.8. The van der Waals surface area contributed by atoms with Crippen LogP contribution in [-0.4, -0.2) is 41.5 Å². The minimum atomic E-state index is -0.313. The molecule has 0 saturated carbocycles. The highest BCUT2D eigenvalue weighted by atomic mass is 35.5. The summed E-state index contributed by atoms with van der Waals surface area (Å²) in [5.41, 5.74) is 1.45. The van der Waals surface area contributed by atoms with Crippen molar-refractivity contribution in [2.75, 3.05) is 25.0 Å². The highest BCUT2D eigenvalue weighted by Gasteiger charge is 2.16. The second-order valence-corrected chi connectivity index (χ2v) is 5.87. The van der Waals surface area contributed by atoms with Crippen LogP contribution in [0.3, 0.4) is 0 Å². The number of benzene rings is 1. The molecular formula is C17H22ClFN4O2. The fraction of sp³-hybridized carbons (Fsp3) is 0.412. The molecule has 8 heteroatoms. The van der Waals surface area contributed by atoms with Gasteiger partial charge in [0.1, 0.15) is 11.6 Å². The lowest BCUT2D eigenvalue weighted by atomic mass is 10.2. The van der Waals surface area contributed by atoms with Crippen molar-refractivity contribution in [2.24, 2.45) is 0 Å². The van der Waals surface area contributed by atoms with Crippen LogP contribution >= 0.6 is 12.4 Å². The van der Waals surface area contributed by atoms with Crippen molar-refractivity contribution in [1.82, 2.24) is 15.1 Å². The Hall–Kier alpha value is -1.96. The van der Waals surface area contributed by atoms with Crippen LogP contribution in [0, 0.1) is 12.7 Å². The van der Waals surface area contributed by atoms with Crippen LogP contribution in [0.5, 0.6) is 0 Å². The third-order valence-electron chi connectivity index (χ3n) is 3.85. The van der Waals surface area contributed by atoms with Crippen molar-refractivity contribution in [3.05, 3.63) is 41.8 Å². The molecule has 6 nitrogen and oxygen atoms in total. The molecule has 1 aliphatic heterocycles. The van der Waals surface area contributed by atoms with Crippen LogP contribution in [0.4, 0.5) is 10.2 Å². The number of aryl methyl sites for hydroxylation is 1. The highest BCUT2D eigenvalue weighted by molar-refractivity contribution is 5.91. The van der Waals surface area contributed by atoms with Crippen LogP contribution in [0.1, 0.15) is 18.5 Å². The summed E-state index contributed by atoms with van der Waals surface area (Å²) in [6.45, 7) is 3.51. The van der Waals surface area contributed by atoms with Crippen LogP contribution in [-0.2, 0) is 9.53 Å². The lowest BCUT2D eigenvalue weighted by Crippen LogP contribution is -2.33. The van der Waals surface area contributed by atoms with Crippen molar-refractivity contribution in [1.29, 1.82) is 0 Å². The second kappa shape index (κ2) is 8.94. The Morgan fingerprint density at radius 3 is 2.84 bits per heavy atom. The van der Waals surface area contributed by atoms with Gasteiger partial charge in [-0.3, -0.25) is 4.79 Å². The largest absolute Gasteiger partial charge is 0.377 e. The number of hydrogen-bond acceptors (Lipinski definition) is 4. The maximum Gasteiger partial charge on any atom is 0.239 e. The Kier molecular flexibility index (Phi) is 6.92. The van der Waals surface area contributed by atoms with Gasteiger partial charge >= 0.3 is 0 Å². The molecule has 2 aromatic rings. The van der Waals surface area contributed by atoms with E-state index in [1.807, 2.05) is 6.92 Å². The molecule has 1 aromatic heterocycles. The number of amides is 1. The number of halogens is 2. The van der Waals surface area contributed by atoms with Gasteiger partial charge in [-0.15, -0.1) is 12.4 Å². The summed E-state index contributed by atoms with van der Waals surface area (Å²) in [6, 6.07) is 7.74. The summed E-state index contributed by atoms with van der Waals surface area (Å²) in [6.07, 6.45) is 2.31. The van der Waals surface area contributed by atoms with Crippen molar-refractivity contribution in [2.45, 2.75) is 25.9 Å². The Balaban J connectivity index is 0.00000225. The number of carbonyl (C=O) groups excluding carboxylic acids is 1. The summed E-state index contributed by atoms with van der Waals surface area (Å²) in [5.74, 6) is 0.0887. The fourth-order valence-electron chi connectivity index (χ4n) is 2.71. The lowest BCUT2D eigenvalue weighted by Gasteiger charge is -2.12. The van der Waals surface area contributed by atoms with Crippen molar-refractivity contribution >= 4 is 24.1 Å². The quantitative estimate of drug-likeness (QED) is 0.821. The van der Waals surface area contributed by atoms with Gasteiger partial charge in [0.25, 0.3) is 0 Å². The van der Waals surface area contributed by atoms with E-state index in [2.05, 4.69) is 15.7 Å². The SMILES string of the molecule is Cc1cc(NC(=O)CNCC2CCCO2)n(-c2ccc(F)cc2)n1.Cl. The van der Waals surface area contributed by atoms with E-state index >= 15 is 0 Å². The van der Waals surface area contributed by atoms with E-state index in [-0.39, 0.29) is 36.8 Å². The van der Waals surface area contributed by atoms with Crippen LogP contribution < -0.4 is 10.6 Å². The Morgan fingerprint density at radius 2 is 2.16 bits per heavy atom. The van der Waals surface area contributed by atoms with Gasteiger partial charge in [0.2, 0.25) is 5.91 Å². The molecule has 0 spiro atoms. The number of aromatic nitrogens is 2. The van der Waals surface area contributed by atoms with Gasteiger partial charge in [-0.05, 0) is 44.0 Å². The van der Waals surface area contributed by atoms with E-state index in [0.717, 1.165) is 25.1 Å². The summed E-state index contributed by atoms with van der Waals surface area (Å²) in [5, 5.41) is 10.3. The van der Waals surface area contributed by atoms with Gasteiger partial charge in [0.05, 0.1) is 24.0 Å². The molecule has 0 bridgehead atoms. The Bertz CT molecular complexity index is 699. The molecule has 0 radical (unpaired) electrons. The topological polar surface area (TPSA) is 68.2 Å². The van der Waals surface area contributed by atoms with Gasteiger partial charge < -0.3 is 15.4 Å². The standard InChI is InChI=1S/C17H21FN4O2.ClH/c1-12-9-16(22(21-12)14-6-4-13(18)5-7-14)20-17(23)11-19-10-15-3-2-8-24-15;/h4-7,9,15,19H,2-3,8,10-11H2,1H3,(H,20,23);1H. The Labute approximate surface area is 152 Å². The zero-order chi connectivity index (χ0) is 16.9. The minimum absolute atomic E-state index is 0. The zero-order valence-electron chi connectivity index (χ0n) is 14.0. The summed E-state index contributed by atoms with van der Waals surface area (Å²) in [7, 11) is 0. The molecule has 1 amide bonds. The second-order valence-electron chi connectivity index (χ2n) is 5.87. The van der Waals surface area contributed by atoms with E-state index in [1.54, 1.807) is 22.9 Å². The number of nitrogens with one attached hydrogen (secondary N) is 2. The van der Waals surface area contributed by atoms with E-state index in [0.29, 0.717) is 18.1 Å². The van der Waals surface area contributed by atoms with Crippen LogP contribution in [0.15, 0.2) is 30.3 Å². The molecule has 1 aromatic carbocycles. The van der Waals surface area contributed by atoms with Crippen molar-refractivity contribution < 1.29 is 13.9 Å². The average molecular weight is 369 g/mol. The smallest absolute Gasteiger partial charge is 0.239 e. The molecule has 136 valence electrons. The van der Waals surface area contributed by atoms with Crippen molar-refractivity contribution in [3.8, 4) is 5.69 Å². The van der Waals surface area contributed by atoms with Gasteiger partial charge in [-0.2, -0.15) is 5.10 Å².